The molecule has 1 aliphatic rings. The van der Waals surface area contributed by atoms with Gasteiger partial charge < -0.3 is 15.2 Å². The average Bonchev–Trinajstić information content (AvgIpc) is 3.17. The maximum absolute atomic E-state index is 14.7. The van der Waals surface area contributed by atoms with E-state index < -0.39 is 42.6 Å². The molecular formula is C20H18FNO4. The summed E-state index contributed by atoms with van der Waals surface area (Å²) in [5, 5.41) is 11.5. The van der Waals surface area contributed by atoms with Crippen LogP contribution in [0.3, 0.4) is 0 Å². The Labute approximate surface area is 158 Å². The SMILES string of the molecule is [2H]c1cc([2H])c(-c2ccc(NC(=O)C3=C(C(=O)O)CCC3)c(F)c2)c([2H])c1OC([2H])([2H])[2H]. The zero-order valence-electron chi connectivity index (χ0n) is 19.5. The Bertz CT molecular complexity index is 1150. The standard InChI is InChI=1S/C20H18FNO4/c1-26-14-5-2-4-12(10-14)13-8-9-18(17(21)11-13)22-19(23)15-6-3-7-16(15)20(24)25/h2,4-5,8-11H,3,6-7H2,1H3,(H,22,23)(H,24,25)/i1D3,4D,5D,10D. The van der Waals surface area contributed by atoms with Crippen molar-refractivity contribution in [3.63, 3.8) is 0 Å². The highest BCUT2D eigenvalue weighted by Gasteiger charge is 2.25. The summed E-state index contributed by atoms with van der Waals surface area (Å²) in [4.78, 5) is 23.6. The van der Waals surface area contributed by atoms with E-state index in [0.717, 1.165) is 12.1 Å². The van der Waals surface area contributed by atoms with Crippen molar-refractivity contribution in [2.24, 2.45) is 0 Å². The lowest BCUT2D eigenvalue weighted by Gasteiger charge is -2.10. The Kier molecular flexibility index (Phi) is 3.26. The second-order valence-electron chi connectivity index (χ2n) is 5.63. The van der Waals surface area contributed by atoms with Gasteiger partial charge in [-0.3, -0.25) is 4.79 Å². The van der Waals surface area contributed by atoms with E-state index in [1.165, 1.54) is 12.1 Å². The molecule has 2 aromatic carbocycles. The molecule has 0 atom stereocenters. The maximum Gasteiger partial charge on any atom is 0.332 e. The fraction of sp³-hybridized carbons (Fsp3) is 0.200. The smallest absolute Gasteiger partial charge is 0.332 e. The Morgan fingerprint density at radius 2 is 2.08 bits per heavy atom. The van der Waals surface area contributed by atoms with Gasteiger partial charge in [0, 0.05) is 11.1 Å². The van der Waals surface area contributed by atoms with Crippen LogP contribution in [0, 0.1) is 5.82 Å². The van der Waals surface area contributed by atoms with E-state index in [9.17, 15) is 19.1 Å². The average molecular weight is 361 g/mol. The van der Waals surface area contributed by atoms with Gasteiger partial charge in [0.1, 0.15) is 11.6 Å². The summed E-state index contributed by atoms with van der Waals surface area (Å²) < 4.78 is 65.0. The van der Waals surface area contributed by atoms with Gasteiger partial charge in [0.05, 0.1) is 20.9 Å². The lowest BCUT2D eigenvalue weighted by atomic mass is 10.0. The van der Waals surface area contributed by atoms with E-state index >= 15 is 0 Å². The van der Waals surface area contributed by atoms with Crippen molar-refractivity contribution in [3.05, 3.63) is 59.4 Å². The monoisotopic (exact) mass is 361 g/mol. The number of carboxylic acid groups (broad SMARTS) is 1. The van der Waals surface area contributed by atoms with Crippen molar-refractivity contribution in [1.29, 1.82) is 0 Å². The van der Waals surface area contributed by atoms with Crippen LogP contribution in [0.25, 0.3) is 11.1 Å². The molecule has 0 radical (unpaired) electrons. The number of methoxy groups -OCH3 is 1. The second-order valence-corrected chi connectivity index (χ2v) is 5.63. The molecule has 0 aliphatic heterocycles. The molecule has 134 valence electrons. The van der Waals surface area contributed by atoms with Gasteiger partial charge in [-0.2, -0.15) is 0 Å². The topological polar surface area (TPSA) is 75.6 Å². The van der Waals surface area contributed by atoms with Gasteiger partial charge in [-0.15, -0.1) is 0 Å². The van der Waals surface area contributed by atoms with Crippen molar-refractivity contribution in [3.8, 4) is 16.9 Å². The molecule has 0 fully saturated rings. The number of carboxylic acids is 1. The predicted octanol–water partition coefficient (Wildman–Crippen LogP) is 4.00. The highest BCUT2D eigenvalue weighted by Crippen LogP contribution is 2.30. The van der Waals surface area contributed by atoms with E-state index in [1.54, 1.807) is 0 Å². The minimum Gasteiger partial charge on any atom is -0.497 e. The third-order valence-corrected chi connectivity index (χ3v) is 4.02. The summed E-state index contributed by atoms with van der Waals surface area (Å²) in [5.41, 5.74) is -0.257. The van der Waals surface area contributed by atoms with E-state index in [1.807, 2.05) is 0 Å². The Hall–Kier alpha value is -3.15. The zero-order valence-corrected chi connectivity index (χ0v) is 13.5. The van der Waals surface area contributed by atoms with Crippen LogP contribution >= 0.6 is 0 Å². The van der Waals surface area contributed by atoms with E-state index in [0.29, 0.717) is 6.42 Å². The number of nitrogens with one attached hydrogen (secondary N) is 1. The van der Waals surface area contributed by atoms with Gasteiger partial charge in [0.2, 0.25) is 0 Å². The van der Waals surface area contributed by atoms with Crippen molar-refractivity contribution in [2.45, 2.75) is 19.3 Å². The molecule has 2 N–H and O–H groups in total. The number of halogens is 1. The normalized spacial score (nSPS) is 17.4. The summed E-state index contributed by atoms with van der Waals surface area (Å²) in [6.45, 7) is 0. The van der Waals surface area contributed by atoms with Gasteiger partial charge in [-0.1, -0.05) is 18.2 Å². The molecule has 1 aliphatic carbocycles. The summed E-state index contributed by atoms with van der Waals surface area (Å²) in [6.07, 6.45) is 1.03. The highest BCUT2D eigenvalue weighted by atomic mass is 19.1. The number of ether oxygens (including phenoxy) is 1. The number of aliphatic carboxylic acids is 1. The molecule has 0 bridgehead atoms. The van der Waals surface area contributed by atoms with Crippen molar-refractivity contribution >= 4 is 17.6 Å². The van der Waals surface area contributed by atoms with Gasteiger partial charge >= 0.3 is 5.97 Å². The molecule has 0 saturated carbocycles. The van der Waals surface area contributed by atoms with Crippen molar-refractivity contribution < 1.29 is 32.0 Å². The highest BCUT2D eigenvalue weighted by molar-refractivity contribution is 6.09. The first-order chi connectivity index (χ1) is 14.9. The third kappa shape index (κ3) is 3.59. The number of rotatable bonds is 5. The molecule has 3 rings (SSSR count). The first kappa shape index (κ1) is 11.5. The van der Waals surface area contributed by atoms with E-state index in [-0.39, 0.29) is 46.8 Å². The largest absolute Gasteiger partial charge is 0.497 e. The summed E-state index contributed by atoms with van der Waals surface area (Å²) in [6, 6.07) is 3.11. The quantitative estimate of drug-likeness (QED) is 0.844. The maximum atomic E-state index is 14.7. The zero-order chi connectivity index (χ0) is 23.8. The number of carbonyl (C=O) groups excluding carboxylic acids is 1. The second kappa shape index (κ2) is 7.39. The van der Waals surface area contributed by atoms with Crippen LogP contribution in [-0.4, -0.2) is 24.0 Å². The van der Waals surface area contributed by atoms with E-state index in [4.69, 9.17) is 13.0 Å². The molecule has 1 amide bonds. The fourth-order valence-electron chi connectivity index (χ4n) is 2.77. The Balaban J connectivity index is 1.95. The molecule has 2 aromatic rings. The molecular weight excluding hydrogens is 337 g/mol. The molecule has 26 heavy (non-hydrogen) atoms. The minimum atomic E-state index is -2.92. The van der Waals surface area contributed by atoms with Crippen molar-refractivity contribution in [2.75, 3.05) is 12.4 Å². The van der Waals surface area contributed by atoms with Crippen LogP contribution in [0.15, 0.2) is 53.5 Å². The van der Waals surface area contributed by atoms with Crippen molar-refractivity contribution in [1.82, 2.24) is 0 Å². The van der Waals surface area contributed by atoms with Gasteiger partial charge in [-0.05, 0) is 54.6 Å². The molecule has 0 aromatic heterocycles. The summed E-state index contributed by atoms with van der Waals surface area (Å²) >= 11 is 0. The number of benzene rings is 2. The molecule has 0 unspecified atom stereocenters. The summed E-state index contributed by atoms with van der Waals surface area (Å²) in [5.74, 6) is -3.38. The lowest BCUT2D eigenvalue weighted by molar-refractivity contribution is -0.133. The number of amides is 1. The minimum absolute atomic E-state index is 0.00510. The first-order valence-corrected chi connectivity index (χ1v) is 7.75. The predicted molar refractivity (Wildman–Crippen MR) is 95.5 cm³/mol. The molecule has 5 nitrogen and oxygen atoms in total. The van der Waals surface area contributed by atoms with Crippen LogP contribution in [0.2, 0.25) is 0 Å². The fourth-order valence-corrected chi connectivity index (χ4v) is 2.77. The first-order valence-electron chi connectivity index (χ1n) is 10.8. The third-order valence-electron chi connectivity index (χ3n) is 4.02. The number of anilines is 1. The van der Waals surface area contributed by atoms with E-state index in [2.05, 4.69) is 5.32 Å². The number of hydrogen-bond acceptors (Lipinski definition) is 3. The van der Waals surface area contributed by atoms with Crippen LogP contribution in [0.4, 0.5) is 10.1 Å². The van der Waals surface area contributed by atoms with Crippen LogP contribution in [-0.2, 0) is 9.59 Å². The summed E-state index contributed by atoms with van der Waals surface area (Å²) in [7, 11) is -2.92. The molecule has 0 spiro atoms. The number of carbonyl (C=O) groups is 2. The molecule has 0 heterocycles. The van der Waals surface area contributed by atoms with Gasteiger partial charge in [0.15, 0.2) is 0 Å². The van der Waals surface area contributed by atoms with Gasteiger partial charge in [0.25, 0.3) is 5.91 Å². The Morgan fingerprint density at radius 3 is 2.81 bits per heavy atom. The molecule has 6 heteroatoms. The van der Waals surface area contributed by atoms with Crippen LogP contribution in [0.1, 0.15) is 27.5 Å². The van der Waals surface area contributed by atoms with Gasteiger partial charge in [-0.25, -0.2) is 9.18 Å². The molecule has 0 saturated heterocycles. The van der Waals surface area contributed by atoms with Crippen LogP contribution < -0.4 is 10.1 Å². The van der Waals surface area contributed by atoms with Crippen LogP contribution in [0.5, 0.6) is 5.75 Å². The lowest BCUT2D eigenvalue weighted by Crippen LogP contribution is -2.17. The number of hydrogen-bond donors (Lipinski definition) is 2. The Morgan fingerprint density at radius 1 is 1.27 bits per heavy atom.